The lowest BCUT2D eigenvalue weighted by atomic mass is 9.77. The number of carbonyl (C=O) groups excluding carboxylic acids is 3. The summed E-state index contributed by atoms with van der Waals surface area (Å²) in [4.78, 5) is 41.7. The molecule has 0 aromatic heterocycles. The Bertz CT molecular complexity index is 1010. The van der Waals surface area contributed by atoms with Gasteiger partial charge in [-0.05, 0) is 38.0 Å². The van der Waals surface area contributed by atoms with Crippen molar-refractivity contribution in [3.05, 3.63) is 65.2 Å². The topological polar surface area (TPSA) is 75.7 Å². The third-order valence-corrected chi connectivity index (χ3v) is 6.58. The fourth-order valence-corrected chi connectivity index (χ4v) is 5.11. The number of anilines is 1. The van der Waals surface area contributed by atoms with Crippen LogP contribution >= 0.6 is 0 Å². The Labute approximate surface area is 182 Å². The summed E-state index contributed by atoms with van der Waals surface area (Å²) in [6.07, 6.45) is 1.07. The standard InChI is InChI=1S/C25H28N2O4/c1-5-14-25(24(30)31-4)20-19(21(26-25)17-10-6-15(2)7-11-17)22(28)27(23(20)29)18-12-8-16(3)9-13-18/h6-13,19-21,26H,5,14H2,1-4H3. The average Bonchev–Trinajstić information content (AvgIpc) is 3.24. The molecule has 31 heavy (non-hydrogen) atoms. The van der Waals surface area contributed by atoms with Crippen molar-refractivity contribution in [1.82, 2.24) is 5.32 Å². The average molecular weight is 421 g/mol. The summed E-state index contributed by atoms with van der Waals surface area (Å²) in [5.41, 5.74) is 2.32. The van der Waals surface area contributed by atoms with Crippen molar-refractivity contribution in [1.29, 1.82) is 0 Å². The molecule has 2 aromatic carbocycles. The summed E-state index contributed by atoms with van der Waals surface area (Å²) in [6.45, 7) is 5.90. The summed E-state index contributed by atoms with van der Waals surface area (Å²) < 4.78 is 5.16. The second-order valence-corrected chi connectivity index (χ2v) is 8.60. The molecule has 4 rings (SSSR count). The van der Waals surface area contributed by atoms with E-state index in [1.54, 1.807) is 12.1 Å². The molecular weight excluding hydrogens is 392 g/mol. The van der Waals surface area contributed by atoms with Crippen molar-refractivity contribution in [2.75, 3.05) is 12.0 Å². The van der Waals surface area contributed by atoms with Crippen LogP contribution in [0.3, 0.4) is 0 Å². The minimum atomic E-state index is -1.24. The number of hydrogen-bond donors (Lipinski definition) is 1. The van der Waals surface area contributed by atoms with Gasteiger partial charge in [0, 0.05) is 6.04 Å². The van der Waals surface area contributed by atoms with Crippen LogP contribution in [-0.4, -0.2) is 30.4 Å². The van der Waals surface area contributed by atoms with E-state index in [1.165, 1.54) is 12.0 Å². The number of benzene rings is 2. The van der Waals surface area contributed by atoms with Gasteiger partial charge in [0.1, 0.15) is 5.54 Å². The Hall–Kier alpha value is -2.99. The van der Waals surface area contributed by atoms with Crippen LogP contribution in [-0.2, 0) is 19.1 Å². The molecular formula is C25H28N2O4. The first-order valence-electron chi connectivity index (χ1n) is 10.7. The van der Waals surface area contributed by atoms with E-state index < -0.39 is 29.4 Å². The van der Waals surface area contributed by atoms with Crippen LogP contribution in [0.25, 0.3) is 0 Å². The molecule has 4 unspecified atom stereocenters. The maximum absolute atomic E-state index is 13.7. The lowest BCUT2D eigenvalue weighted by Gasteiger charge is -2.32. The highest BCUT2D eigenvalue weighted by atomic mass is 16.5. The molecule has 2 heterocycles. The molecule has 162 valence electrons. The highest BCUT2D eigenvalue weighted by molar-refractivity contribution is 6.24. The second-order valence-electron chi connectivity index (χ2n) is 8.60. The molecule has 2 saturated heterocycles. The quantitative estimate of drug-likeness (QED) is 0.592. The number of imide groups is 1. The van der Waals surface area contributed by atoms with Gasteiger partial charge in [-0.2, -0.15) is 0 Å². The van der Waals surface area contributed by atoms with Gasteiger partial charge in [0.15, 0.2) is 0 Å². The SMILES string of the molecule is CCCC1(C(=O)OC)NC(c2ccc(C)cc2)C2C(=O)N(c3ccc(C)cc3)C(=O)C21. The van der Waals surface area contributed by atoms with Gasteiger partial charge in [-0.15, -0.1) is 0 Å². The number of rotatable bonds is 5. The molecule has 6 nitrogen and oxygen atoms in total. The molecule has 2 amide bonds. The molecule has 6 heteroatoms. The number of aryl methyl sites for hydroxylation is 2. The molecule has 0 spiro atoms. The summed E-state index contributed by atoms with van der Waals surface area (Å²) in [6, 6.07) is 14.7. The normalized spacial score (nSPS) is 27.5. The van der Waals surface area contributed by atoms with Crippen molar-refractivity contribution < 1.29 is 19.1 Å². The number of amides is 2. The zero-order valence-electron chi connectivity index (χ0n) is 18.3. The van der Waals surface area contributed by atoms with Crippen LogP contribution < -0.4 is 10.2 Å². The second kappa shape index (κ2) is 7.93. The molecule has 2 aliphatic rings. The number of carbonyl (C=O) groups is 3. The van der Waals surface area contributed by atoms with E-state index in [-0.39, 0.29) is 11.8 Å². The Kier molecular flexibility index (Phi) is 5.43. The molecule has 2 aromatic rings. The fraction of sp³-hybridized carbons (Fsp3) is 0.400. The summed E-state index contributed by atoms with van der Waals surface area (Å²) >= 11 is 0. The zero-order valence-corrected chi connectivity index (χ0v) is 18.3. The lowest BCUT2D eigenvalue weighted by Crippen LogP contribution is -2.56. The van der Waals surface area contributed by atoms with Crippen molar-refractivity contribution in [3.63, 3.8) is 0 Å². The fourth-order valence-electron chi connectivity index (χ4n) is 5.11. The largest absolute Gasteiger partial charge is 0.468 e. The predicted molar refractivity (Wildman–Crippen MR) is 117 cm³/mol. The maximum atomic E-state index is 13.7. The first kappa shape index (κ1) is 21.2. The van der Waals surface area contributed by atoms with Gasteiger partial charge < -0.3 is 4.74 Å². The van der Waals surface area contributed by atoms with Crippen molar-refractivity contribution in [2.24, 2.45) is 11.8 Å². The summed E-state index contributed by atoms with van der Waals surface area (Å²) in [7, 11) is 1.33. The number of fused-ring (bicyclic) bond motifs is 1. The molecule has 1 N–H and O–H groups in total. The van der Waals surface area contributed by atoms with Crippen molar-refractivity contribution >= 4 is 23.5 Å². The van der Waals surface area contributed by atoms with Gasteiger partial charge in [0.05, 0.1) is 24.6 Å². The van der Waals surface area contributed by atoms with Crippen LogP contribution in [0.1, 0.15) is 42.5 Å². The number of methoxy groups -OCH3 is 1. The molecule has 2 fully saturated rings. The highest BCUT2D eigenvalue weighted by Gasteiger charge is 2.68. The van der Waals surface area contributed by atoms with Crippen LogP contribution in [0.4, 0.5) is 5.69 Å². The van der Waals surface area contributed by atoms with Gasteiger partial charge in [-0.3, -0.25) is 19.7 Å². The van der Waals surface area contributed by atoms with Crippen molar-refractivity contribution in [3.8, 4) is 0 Å². The number of nitrogens with one attached hydrogen (secondary N) is 1. The van der Waals surface area contributed by atoms with Crippen LogP contribution in [0.5, 0.6) is 0 Å². The number of nitrogens with zero attached hydrogens (tertiary/aromatic N) is 1. The van der Waals surface area contributed by atoms with Crippen molar-refractivity contribution in [2.45, 2.75) is 45.2 Å². The molecule has 0 saturated carbocycles. The lowest BCUT2D eigenvalue weighted by molar-refractivity contribution is -0.152. The summed E-state index contributed by atoms with van der Waals surface area (Å²) in [5, 5.41) is 3.39. The highest BCUT2D eigenvalue weighted by Crippen LogP contribution is 2.51. The maximum Gasteiger partial charge on any atom is 0.326 e. The zero-order chi connectivity index (χ0) is 22.3. The monoisotopic (exact) mass is 420 g/mol. The van der Waals surface area contributed by atoms with E-state index in [2.05, 4.69) is 5.32 Å². The van der Waals surface area contributed by atoms with Gasteiger partial charge >= 0.3 is 5.97 Å². The third-order valence-electron chi connectivity index (χ3n) is 6.58. The predicted octanol–water partition coefficient (Wildman–Crippen LogP) is 3.47. The van der Waals surface area contributed by atoms with E-state index in [0.717, 1.165) is 16.7 Å². The first-order valence-corrected chi connectivity index (χ1v) is 10.7. The van der Waals surface area contributed by atoms with E-state index in [0.29, 0.717) is 18.5 Å². The molecule has 4 atom stereocenters. The van der Waals surface area contributed by atoms with E-state index >= 15 is 0 Å². The van der Waals surface area contributed by atoms with E-state index in [9.17, 15) is 14.4 Å². The first-order chi connectivity index (χ1) is 14.8. The van der Waals surface area contributed by atoms with Crippen LogP contribution in [0, 0.1) is 25.7 Å². The number of esters is 1. The molecule has 0 radical (unpaired) electrons. The summed E-state index contributed by atoms with van der Waals surface area (Å²) in [5.74, 6) is -2.62. The smallest absolute Gasteiger partial charge is 0.326 e. The van der Waals surface area contributed by atoms with E-state index in [1.807, 2.05) is 57.2 Å². The van der Waals surface area contributed by atoms with Crippen LogP contribution in [0.15, 0.2) is 48.5 Å². The molecule has 0 bridgehead atoms. The Morgan fingerprint density at radius 3 is 2.13 bits per heavy atom. The number of hydrogen-bond acceptors (Lipinski definition) is 5. The van der Waals surface area contributed by atoms with Gasteiger partial charge in [0.2, 0.25) is 11.8 Å². The van der Waals surface area contributed by atoms with Gasteiger partial charge in [0.25, 0.3) is 0 Å². The molecule has 0 aliphatic carbocycles. The Morgan fingerprint density at radius 2 is 1.58 bits per heavy atom. The Balaban J connectivity index is 1.85. The minimum Gasteiger partial charge on any atom is -0.468 e. The number of ether oxygens (including phenoxy) is 1. The van der Waals surface area contributed by atoms with Gasteiger partial charge in [-0.1, -0.05) is 60.9 Å². The third kappa shape index (κ3) is 3.26. The Morgan fingerprint density at radius 1 is 1.00 bits per heavy atom. The van der Waals surface area contributed by atoms with Gasteiger partial charge in [-0.25, -0.2) is 4.90 Å². The minimum absolute atomic E-state index is 0.279. The molecule has 2 aliphatic heterocycles. The van der Waals surface area contributed by atoms with Crippen LogP contribution in [0.2, 0.25) is 0 Å². The van der Waals surface area contributed by atoms with E-state index in [4.69, 9.17) is 4.74 Å².